The van der Waals surface area contributed by atoms with Crippen LogP contribution in [0.3, 0.4) is 0 Å². The SMILES string of the molecule is c1ccc(-c2ccc3ccc4c(-c5cc(-c6cccc7c6oc6ccccc67)c6oc7ccccc7c6c5)ccc5ccc2c3c54)cc1. The van der Waals surface area contributed by atoms with Gasteiger partial charge in [0.25, 0.3) is 0 Å². The molecule has 0 saturated carbocycles. The first kappa shape index (κ1) is 25.8. The Kier molecular flexibility index (Phi) is 5.14. The van der Waals surface area contributed by atoms with Crippen LogP contribution in [0, 0.1) is 0 Å². The molecule has 0 spiro atoms. The zero-order chi connectivity index (χ0) is 31.3. The Labute approximate surface area is 275 Å². The van der Waals surface area contributed by atoms with Gasteiger partial charge in [-0.15, -0.1) is 0 Å². The summed E-state index contributed by atoms with van der Waals surface area (Å²) in [5.41, 5.74) is 10.4. The van der Waals surface area contributed by atoms with Crippen molar-refractivity contribution >= 4 is 76.2 Å². The first-order valence-electron chi connectivity index (χ1n) is 16.4. The van der Waals surface area contributed by atoms with Crippen LogP contribution in [0.1, 0.15) is 0 Å². The molecule has 222 valence electrons. The second-order valence-electron chi connectivity index (χ2n) is 12.8. The van der Waals surface area contributed by atoms with Crippen molar-refractivity contribution in [3.8, 4) is 33.4 Å². The van der Waals surface area contributed by atoms with Crippen molar-refractivity contribution in [2.45, 2.75) is 0 Å². The van der Waals surface area contributed by atoms with E-state index in [2.05, 4.69) is 140 Å². The highest BCUT2D eigenvalue weighted by Gasteiger charge is 2.21. The number of hydrogen-bond acceptors (Lipinski definition) is 2. The summed E-state index contributed by atoms with van der Waals surface area (Å²) in [6.07, 6.45) is 0. The molecule has 0 saturated heterocycles. The molecule has 9 aromatic carbocycles. The van der Waals surface area contributed by atoms with Crippen LogP contribution in [0.25, 0.3) is 110 Å². The van der Waals surface area contributed by atoms with Crippen LogP contribution in [0.4, 0.5) is 0 Å². The summed E-state index contributed by atoms with van der Waals surface area (Å²) in [4.78, 5) is 0. The third-order valence-electron chi connectivity index (χ3n) is 10.2. The second kappa shape index (κ2) is 9.57. The molecule has 2 heterocycles. The number of furan rings is 2. The first-order chi connectivity index (χ1) is 23.8. The maximum atomic E-state index is 6.65. The molecule has 0 bridgehead atoms. The Morgan fingerprint density at radius 2 is 0.833 bits per heavy atom. The van der Waals surface area contributed by atoms with Gasteiger partial charge in [-0.25, -0.2) is 0 Å². The normalized spacial score (nSPS) is 12.2. The molecule has 2 aromatic heterocycles. The smallest absolute Gasteiger partial charge is 0.143 e. The van der Waals surface area contributed by atoms with Crippen LogP contribution in [0.5, 0.6) is 0 Å². The number of fused-ring (bicyclic) bond motifs is 6. The van der Waals surface area contributed by atoms with E-state index in [1.54, 1.807) is 0 Å². The van der Waals surface area contributed by atoms with E-state index in [0.717, 1.165) is 60.6 Å². The van der Waals surface area contributed by atoms with Crippen LogP contribution in [0.15, 0.2) is 167 Å². The summed E-state index contributed by atoms with van der Waals surface area (Å²) in [6, 6.07) is 56.6. The molecule has 2 nitrogen and oxygen atoms in total. The third kappa shape index (κ3) is 3.52. The molecule has 0 amide bonds. The van der Waals surface area contributed by atoms with E-state index in [4.69, 9.17) is 8.83 Å². The quantitative estimate of drug-likeness (QED) is 0.186. The van der Waals surface area contributed by atoms with Crippen molar-refractivity contribution in [3.63, 3.8) is 0 Å². The van der Waals surface area contributed by atoms with E-state index in [-0.39, 0.29) is 0 Å². The first-order valence-corrected chi connectivity index (χ1v) is 16.4. The van der Waals surface area contributed by atoms with Gasteiger partial charge in [0, 0.05) is 32.7 Å². The van der Waals surface area contributed by atoms with Crippen molar-refractivity contribution in [1.82, 2.24) is 0 Å². The summed E-state index contributed by atoms with van der Waals surface area (Å²) in [7, 11) is 0. The van der Waals surface area contributed by atoms with Gasteiger partial charge in [0.2, 0.25) is 0 Å². The van der Waals surface area contributed by atoms with E-state index in [9.17, 15) is 0 Å². The Morgan fingerprint density at radius 3 is 1.52 bits per heavy atom. The number of benzene rings is 9. The summed E-state index contributed by atoms with van der Waals surface area (Å²) in [5, 5.41) is 12.1. The minimum atomic E-state index is 0.873. The number of rotatable bonds is 3. The van der Waals surface area contributed by atoms with Crippen LogP contribution in [0.2, 0.25) is 0 Å². The molecule has 11 rings (SSSR count). The molecule has 0 fully saturated rings. The largest absolute Gasteiger partial charge is 0.455 e. The molecule has 0 N–H and O–H groups in total. The molecule has 2 heteroatoms. The van der Waals surface area contributed by atoms with Gasteiger partial charge in [-0.1, -0.05) is 133 Å². The molecule has 0 atom stereocenters. The van der Waals surface area contributed by atoms with Crippen LogP contribution >= 0.6 is 0 Å². The average Bonchev–Trinajstić information content (AvgIpc) is 3.72. The van der Waals surface area contributed by atoms with E-state index in [1.165, 1.54) is 49.0 Å². The predicted octanol–water partition coefficient (Wildman–Crippen LogP) is 13.4. The molecule has 0 radical (unpaired) electrons. The minimum absolute atomic E-state index is 0.873. The minimum Gasteiger partial charge on any atom is -0.455 e. The van der Waals surface area contributed by atoms with Crippen LogP contribution in [-0.4, -0.2) is 0 Å². The van der Waals surface area contributed by atoms with Gasteiger partial charge in [0.05, 0.1) is 0 Å². The van der Waals surface area contributed by atoms with Crippen molar-refractivity contribution in [2.24, 2.45) is 0 Å². The van der Waals surface area contributed by atoms with Crippen molar-refractivity contribution < 1.29 is 8.83 Å². The van der Waals surface area contributed by atoms with Crippen LogP contribution in [-0.2, 0) is 0 Å². The third-order valence-corrected chi connectivity index (χ3v) is 10.2. The summed E-state index contributed by atoms with van der Waals surface area (Å²) < 4.78 is 13.2. The Morgan fingerprint density at radius 1 is 0.292 bits per heavy atom. The van der Waals surface area contributed by atoms with E-state index in [0.29, 0.717) is 0 Å². The highest BCUT2D eigenvalue weighted by Crippen LogP contribution is 2.46. The van der Waals surface area contributed by atoms with Gasteiger partial charge in [0.15, 0.2) is 0 Å². The molecular weight excluding hydrogens is 585 g/mol. The summed E-state index contributed by atoms with van der Waals surface area (Å²) in [5.74, 6) is 0. The lowest BCUT2D eigenvalue weighted by molar-refractivity contribution is 0.665. The van der Waals surface area contributed by atoms with E-state index < -0.39 is 0 Å². The zero-order valence-electron chi connectivity index (χ0n) is 25.8. The maximum Gasteiger partial charge on any atom is 0.143 e. The van der Waals surface area contributed by atoms with Crippen molar-refractivity contribution in [2.75, 3.05) is 0 Å². The summed E-state index contributed by atoms with van der Waals surface area (Å²) >= 11 is 0. The van der Waals surface area contributed by atoms with Crippen molar-refractivity contribution in [1.29, 1.82) is 0 Å². The molecule has 0 unspecified atom stereocenters. The number of hydrogen-bond donors (Lipinski definition) is 0. The molecular formula is C46H26O2. The lowest BCUT2D eigenvalue weighted by Gasteiger charge is -2.17. The van der Waals surface area contributed by atoms with Crippen LogP contribution < -0.4 is 0 Å². The standard InChI is InChI=1S/C46H26O2/c1-2-9-27(10-3-1)31-21-17-28-20-24-36-32(22-18-29-19-23-35(31)43(28)44(29)36)30-25-39-34-12-5-7-16-42(34)48-46(39)40(26-30)38-14-8-13-37-33-11-4-6-15-41(33)47-45(37)38/h1-26H. The Bertz CT molecular complexity index is 3050. The van der Waals surface area contributed by atoms with Gasteiger partial charge in [-0.2, -0.15) is 0 Å². The lowest BCUT2D eigenvalue weighted by Crippen LogP contribution is -1.90. The summed E-state index contributed by atoms with van der Waals surface area (Å²) in [6.45, 7) is 0. The maximum absolute atomic E-state index is 6.65. The molecule has 0 aliphatic rings. The van der Waals surface area contributed by atoms with E-state index in [1.807, 2.05) is 18.2 Å². The van der Waals surface area contributed by atoms with E-state index >= 15 is 0 Å². The highest BCUT2D eigenvalue weighted by molar-refractivity contribution is 6.28. The van der Waals surface area contributed by atoms with Gasteiger partial charge < -0.3 is 8.83 Å². The monoisotopic (exact) mass is 610 g/mol. The Hall–Kier alpha value is -6.38. The highest BCUT2D eigenvalue weighted by atomic mass is 16.3. The average molecular weight is 611 g/mol. The second-order valence-corrected chi connectivity index (χ2v) is 12.8. The van der Waals surface area contributed by atoms with Crippen molar-refractivity contribution in [3.05, 3.63) is 158 Å². The van der Waals surface area contributed by atoms with Gasteiger partial charge in [-0.3, -0.25) is 0 Å². The molecule has 0 aliphatic heterocycles. The fraction of sp³-hybridized carbons (Fsp3) is 0. The topological polar surface area (TPSA) is 26.3 Å². The van der Waals surface area contributed by atoms with Gasteiger partial charge in [-0.05, 0) is 78.8 Å². The Balaban J connectivity index is 1.23. The lowest BCUT2D eigenvalue weighted by atomic mass is 9.86. The fourth-order valence-corrected chi connectivity index (χ4v) is 8.06. The van der Waals surface area contributed by atoms with Gasteiger partial charge >= 0.3 is 0 Å². The molecule has 11 aromatic rings. The molecule has 48 heavy (non-hydrogen) atoms. The van der Waals surface area contributed by atoms with Gasteiger partial charge in [0.1, 0.15) is 22.3 Å². The predicted molar refractivity (Wildman–Crippen MR) is 201 cm³/mol. The number of para-hydroxylation sites is 3. The zero-order valence-corrected chi connectivity index (χ0v) is 25.8. The molecule has 0 aliphatic carbocycles. The fourth-order valence-electron chi connectivity index (χ4n) is 8.06.